The number of nitro groups is 1. The zero-order valence-corrected chi connectivity index (χ0v) is 8.86. The molecule has 0 heterocycles. The van der Waals surface area contributed by atoms with Crippen LogP contribution in [-0.4, -0.2) is 24.0 Å². The Kier molecular flexibility index (Phi) is 4.34. The van der Waals surface area contributed by atoms with Gasteiger partial charge in [-0.3, -0.25) is 14.9 Å². The SMILES string of the molecule is N#CCOC(=O)c1cc([N+](=O)[O-])ccc1OC=O. The van der Waals surface area contributed by atoms with Gasteiger partial charge in [-0.15, -0.1) is 0 Å². The highest BCUT2D eigenvalue weighted by atomic mass is 16.6. The van der Waals surface area contributed by atoms with Crippen LogP contribution in [0.1, 0.15) is 10.4 Å². The van der Waals surface area contributed by atoms with Crippen molar-refractivity contribution in [1.82, 2.24) is 0 Å². The van der Waals surface area contributed by atoms with Crippen LogP contribution in [0.2, 0.25) is 0 Å². The van der Waals surface area contributed by atoms with Gasteiger partial charge in [0.05, 0.1) is 4.92 Å². The Morgan fingerprint density at radius 2 is 2.28 bits per heavy atom. The average Bonchev–Trinajstić information content (AvgIpc) is 2.36. The van der Waals surface area contributed by atoms with Crippen molar-refractivity contribution < 1.29 is 24.0 Å². The molecule has 92 valence electrons. The summed E-state index contributed by atoms with van der Waals surface area (Å²) in [5.41, 5.74) is -0.663. The van der Waals surface area contributed by atoms with Crippen LogP contribution in [0.4, 0.5) is 5.69 Å². The molecule has 0 saturated carbocycles. The Bertz CT molecular complexity index is 534. The summed E-state index contributed by atoms with van der Waals surface area (Å²) < 4.78 is 8.97. The van der Waals surface area contributed by atoms with Crippen LogP contribution in [0.3, 0.4) is 0 Å². The van der Waals surface area contributed by atoms with Gasteiger partial charge >= 0.3 is 5.97 Å². The first-order valence-electron chi connectivity index (χ1n) is 4.53. The van der Waals surface area contributed by atoms with E-state index in [0.717, 1.165) is 18.2 Å². The van der Waals surface area contributed by atoms with Crippen LogP contribution >= 0.6 is 0 Å². The summed E-state index contributed by atoms with van der Waals surface area (Å²) in [6.07, 6.45) is 0. The number of carbonyl (C=O) groups is 2. The molecule has 0 fully saturated rings. The maximum Gasteiger partial charge on any atom is 0.343 e. The van der Waals surface area contributed by atoms with Gasteiger partial charge in [-0.2, -0.15) is 5.26 Å². The number of benzene rings is 1. The Labute approximate surface area is 100 Å². The summed E-state index contributed by atoms with van der Waals surface area (Å²) in [4.78, 5) is 31.5. The smallest absolute Gasteiger partial charge is 0.343 e. The molecule has 0 unspecified atom stereocenters. The molecule has 0 aliphatic heterocycles. The summed E-state index contributed by atoms with van der Waals surface area (Å²) in [6, 6.07) is 4.63. The lowest BCUT2D eigenvalue weighted by Gasteiger charge is -2.05. The van der Waals surface area contributed by atoms with E-state index in [0.29, 0.717) is 0 Å². The minimum atomic E-state index is -0.989. The Morgan fingerprint density at radius 3 is 2.83 bits per heavy atom. The molecule has 0 amide bonds. The third kappa shape index (κ3) is 3.02. The van der Waals surface area contributed by atoms with Gasteiger partial charge in [0.15, 0.2) is 6.61 Å². The monoisotopic (exact) mass is 250 g/mol. The summed E-state index contributed by atoms with van der Waals surface area (Å²) in [7, 11) is 0. The van der Waals surface area contributed by atoms with Gasteiger partial charge in [-0.25, -0.2) is 4.79 Å². The lowest BCUT2D eigenvalue weighted by Crippen LogP contribution is -2.08. The minimum absolute atomic E-state index is 0.0717. The van der Waals surface area contributed by atoms with E-state index in [1.165, 1.54) is 0 Å². The van der Waals surface area contributed by atoms with Crippen LogP contribution in [0.5, 0.6) is 5.75 Å². The quantitative estimate of drug-likeness (QED) is 0.328. The number of hydrogen-bond acceptors (Lipinski definition) is 7. The van der Waals surface area contributed by atoms with Gasteiger partial charge in [-0.1, -0.05) is 0 Å². The van der Waals surface area contributed by atoms with Crippen molar-refractivity contribution in [3.05, 3.63) is 33.9 Å². The molecule has 8 heteroatoms. The number of rotatable bonds is 5. The van der Waals surface area contributed by atoms with Crippen molar-refractivity contribution in [2.24, 2.45) is 0 Å². The van der Waals surface area contributed by atoms with E-state index in [9.17, 15) is 19.7 Å². The van der Waals surface area contributed by atoms with Crippen LogP contribution in [0.15, 0.2) is 18.2 Å². The van der Waals surface area contributed by atoms with Gasteiger partial charge in [0.25, 0.3) is 12.2 Å². The fourth-order valence-corrected chi connectivity index (χ4v) is 1.12. The molecule has 0 radical (unpaired) electrons. The minimum Gasteiger partial charge on any atom is -0.447 e. The molecule has 1 aromatic rings. The van der Waals surface area contributed by atoms with E-state index in [-0.39, 0.29) is 23.5 Å². The highest BCUT2D eigenvalue weighted by Crippen LogP contribution is 2.24. The highest BCUT2D eigenvalue weighted by Gasteiger charge is 2.19. The van der Waals surface area contributed by atoms with Crippen LogP contribution in [0.25, 0.3) is 0 Å². The number of nitriles is 1. The zero-order chi connectivity index (χ0) is 13.5. The number of nitro benzene ring substituents is 1. The second-order valence-electron chi connectivity index (χ2n) is 2.89. The van der Waals surface area contributed by atoms with Gasteiger partial charge in [0.1, 0.15) is 17.4 Å². The molecule has 8 nitrogen and oxygen atoms in total. The molecular formula is C10H6N2O6. The third-order valence-electron chi connectivity index (χ3n) is 1.84. The molecule has 0 saturated heterocycles. The molecule has 18 heavy (non-hydrogen) atoms. The molecule has 0 atom stereocenters. The van der Waals surface area contributed by atoms with Crippen LogP contribution in [-0.2, 0) is 9.53 Å². The van der Waals surface area contributed by atoms with E-state index >= 15 is 0 Å². The Balaban J connectivity index is 3.14. The van der Waals surface area contributed by atoms with Gasteiger partial charge < -0.3 is 9.47 Å². The van der Waals surface area contributed by atoms with Gasteiger partial charge in [-0.05, 0) is 6.07 Å². The van der Waals surface area contributed by atoms with E-state index in [4.69, 9.17) is 5.26 Å². The standard InChI is InChI=1S/C10H6N2O6/c11-3-4-17-10(14)8-5-7(12(15)16)1-2-9(8)18-6-13/h1-2,5-6H,4H2. The number of nitrogens with zero attached hydrogens (tertiary/aromatic N) is 2. The second-order valence-corrected chi connectivity index (χ2v) is 2.89. The van der Waals surface area contributed by atoms with E-state index in [1.807, 2.05) is 0 Å². The molecule has 0 N–H and O–H groups in total. The molecule has 0 bridgehead atoms. The fraction of sp³-hybridized carbons (Fsp3) is 0.100. The summed E-state index contributed by atoms with van der Waals surface area (Å²) in [5.74, 6) is -1.17. The maximum atomic E-state index is 11.5. The topological polar surface area (TPSA) is 120 Å². The van der Waals surface area contributed by atoms with E-state index in [2.05, 4.69) is 9.47 Å². The summed E-state index contributed by atoms with van der Waals surface area (Å²) in [5, 5.41) is 18.8. The summed E-state index contributed by atoms with van der Waals surface area (Å²) >= 11 is 0. The average molecular weight is 250 g/mol. The van der Waals surface area contributed by atoms with Crippen LogP contribution < -0.4 is 4.74 Å². The third-order valence-corrected chi connectivity index (χ3v) is 1.84. The molecule has 0 aromatic heterocycles. The number of non-ortho nitro benzene ring substituents is 1. The Morgan fingerprint density at radius 1 is 1.56 bits per heavy atom. The molecular weight excluding hydrogens is 244 g/mol. The van der Waals surface area contributed by atoms with Crippen molar-refractivity contribution in [3.63, 3.8) is 0 Å². The van der Waals surface area contributed by atoms with Crippen molar-refractivity contribution in [1.29, 1.82) is 5.26 Å². The van der Waals surface area contributed by atoms with Gasteiger partial charge in [0, 0.05) is 12.1 Å². The van der Waals surface area contributed by atoms with Gasteiger partial charge in [0.2, 0.25) is 0 Å². The highest BCUT2D eigenvalue weighted by molar-refractivity contribution is 5.93. The zero-order valence-electron chi connectivity index (χ0n) is 8.86. The van der Waals surface area contributed by atoms with E-state index < -0.39 is 17.5 Å². The molecule has 0 aliphatic rings. The van der Waals surface area contributed by atoms with E-state index in [1.54, 1.807) is 6.07 Å². The molecule has 0 spiro atoms. The molecule has 1 aromatic carbocycles. The van der Waals surface area contributed by atoms with Crippen molar-refractivity contribution >= 4 is 18.1 Å². The largest absolute Gasteiger partial charge is 0.447 e. The number of esters is 1. The normalized spacial score (nSPS) is 9.06. The number of ether oxygens (including phenoxy) is 2. The first kappa shape index (κ1) is 13.1. The number of carbonyl (C=O) groups excluding carboxylic acids is 2. The molecule has 1 rings (SSSR count). The lowest BCUT2D eigenvalue weighted by atomic mass is 10.2. The van der Waals surface area contributed by atoms with Crippen molar-refractivity contribution in [3.8, 4) is 11.8 Å². The predicted molar refractivity (Wildman–Crippen MR) is 55.7 cm³/mol. The summed E-state index contributed by atoms with van der Waals surface area (Å²) in [6.45, 7) is -0.440. The first-order valence-corrected chi connectivity index (χ1v) is 4.53. The van der Waals surface area contributed by atoms with Crippen LogP contribution in [0, 0.1) is 21.4 Å². The van der Waals surface area contributed by atoms with Crippen molar-refractivity contribution in [2.45, 2.75) is 0 Å². The molecule has 0 aliphatic carbocycles. The maximum absolute atomic E-state index is 11.5. The van der Waals surface area contributed by atoms with Crippen molar-refractivity contribution in [2.75, 3.05) is 6.61 Å². The Hall–Kier alpha value is -2.95. The predicted octanol–water partition coefficient (Wildman–Crippen LogP) is 0.810. The fourth-order valence-electron chi connectivity index (χ4n) is 1.12. The second kappa shape index (κ2) is 5.95. The number of hydrogen-bond donors (Lipinski definition) is 0. The lowest BCUT2D eigenvalue weighted by molar-refractivity contribution is -0.384. The first-order chi connectivity index (χ1) is 8.60.